The van der Waals surface area contributed by atoms with Gasteiger partial charge in [0.05, 0.1) is 5.69 Å². The van der Waals surface area contributed by atoms with Crippen molar-refractivity contribution in [2.24, 2.45) is 0 Å². The number of anilines is 1. The van der Waals surface area contributed by atoms with Crippen LogP contribution in [0.25, 0.3) is 0 Å². The Balaban J connectivity index is 1.61. The molecule has 9 heteroatoms. The van der Waals surface area contributed by atoms with Gasteiger partial charge in [-0.05, 0) is 32.4 Å². The van der Waals surface area contributed by atoms with Crippen LogP contribution in [0.1, 0.15) is 27.2 Å². The second-order valence-corrected chi connectivity index (χ2v) is 8.82. The molecule has 1 unspecified atom stereocenters. The first-order valence-electron chi connectivity index (χ1n) is 9.05. The van der Waals surface area contributed by atoms with Crippen molar-refractivity contribution in [1.82, 2.24) is 10.2 Å². The zero-order valence-electron chi connectivity index (χ0n) is 16.1. The Bertz CT molecular complexity index is 826. The fraction of sp³-hybridized carbons (Fsp3) is 0.474. The normalized spacial score (nSPS) is 21.0. The molecule has 2 heterocycles. The van der Waals surface area contributed by atoms with Gasteiger partial charge in [0.2, 0.25) is 0 Å². The van der Waals surface area contributed by atoms with E-state index in [0.29, 0.717) is 11.8 Å². The van der Waals surface area contributed by atoms with Gasteiger partial charge in [-0.25, -0.2) is 4.79 Å². The Morgan fingerprint density at radius 3 is 2.68 bits per heavy atom. The van der Waals surface area contributed by atoms with E-state index < -0.39 is 36.6 Å². The number of esters is 1. The number of ether oxygens (including phenoxy) is 1. The van der Waals surface area contributed by atoms with Gasteiger partial charge in [-0.2, -0.15) is 0 Å². The summed E-state index contributed by atoms with van der Waals surface area (Å²) in [5.74, 6) is -1.65. The summed E-state index contributed by atoms with van der Waals surface area (Å²) < 4.78 is 5.06. The predicted molar refractivity (Wildman–Crippen MR) is 104 cm³/mol. The third-order valence-corrected chi connectivity index (χ3v) is 5.87. The van der Waals surface area contributed by atoms with Gasteiger partial charge in [0.15, 0.2) is 6.61 Å². The van der Waals surface area contributed by atoms with Gasteiger partial charge in [0.1, 0.15) is 12.1 Å². The molecule has 1 aromatic rings. The fourth-order valence-electron chi connectivity index (χ4n) is 3.10. The first-order valence-corrected chi connectivity index (χ1v) is 9.93. The smallest absolute Gasteiger partial charge is 0.326 e. The summed E-state index contributed by atoms with van der Waals surface area (Å²) in [4.78, 5) is 52.1. The number of imide groups is 1. The fourth-order valence-corrected chi connectivity index (χ4v) is 4.22. The SMILES string of the molecule is CC1CCN(C(=O)COC(=O)CN2C(=O)NC(C)(C)C2=O)c2ccccc2S1. The number of fused-ring (bicyclic) bond motifs is 1. The number of urea groups is 1. The number of carbonyl (C=O) groups is 4. The van der Waals surface area contributed by atoms with Gasteiger partial charge >= 0.3 is 12.0 Å². The average Bonchev–Trinajstić information content (AvgIpc) is 2.76. The second kappa shape index (κ2) is 7.83. The lowest BCUT2D eigenvalue weighted by molar-refractivity contribution is -0.150. The minimum Gasteiger partial charge on any atom is -0.454 e. The molecular weight excluding hydrogens is 382 g/mol. The highest BCUT2D eigenvalue weighted by atomic mass is 32.2. The number of hydrogen-bond donors (Lipinski definition) is 1. The second-order valence-electron chi connectivity index (χ2n) is 7.34. The molecule has 0 spiro atoms. The van der Waals surface area contributed by atoms with Gasteiger partial charge in [0, 0.05) is 16.7 Å². The number of carbonyl (C=O) groups excluding carboxylic acids is 4. The van der Waals surface area contributed by atoms with Crippen molar-refractivity contribution >= 4 is 41.3 Å². The molecule has 1 fully saturated rings. The Labute approximate surface area is 167 Å². The Morgan fingerprint density at radius 2 is 2.00 bits per heavy atom. The van der Waals surface area contributed by atoms with E-state index in [1.807, 2.05) is 24.3 Å². The van der Waals surface area contributed by atoms with Crippen molar-refractivity contribution in [3.8, 4) is 0 Å². The molecule has 1 aromatic carbocycles. The van der Waals surface area contributed by atoms with Crippen molar-refractivity contribution in [2.45, 2.75) is 42.9 Å². The molecule has 4 amide bonds. The van der Waals surface area contributed by atoms with Gasteiger partial charge in [0.25, 0.3) is 11.8 Å². The molecule has 28 heavy (non-hydrogen) atoms. The monoisotopic (exact) mass is 405 g/mol. The summed E-state index contributed by atoms with van der Waals surface area (Å²) in [7, 11) is 0. The first-order chi connectivity index (χ1) is 13.2. The summed E-state index contributed by atoms with van der Waals surface area (Å²) in [6.07, 6.45) is 0.816. The van der Waals surface area contributed by atoms with E-state index in [1.54, 1.807) is 30.5 Å². The summed E-state index contributed by atoms with van der Waals surface area (Å²) in [6, 6.07) is 6.97. The van der Waals surface area contributed by atoms with E-state index >= 15 is 0 Å². The van der Waals surface area contributed by atoms with E-state index in [1.165, 1.54) is 0 Å². The lowest BCUT2D eigenvalue weighted by Gasteiger charge is -2.22. The lowest BCUT2D eigenvalue weighted by atomic mass is 10.1. The summed E-state index contributed by atoms with van der Waals surface area (Å²) >= 11 is 1.71. The van der Waals surface area contributed by atoms with E-state index in [4.69, 9.17) is 4.74 Å². The molecule has 0 saturated carbocycles. The molecule has 0 radical (unpaired) electrons. The number of nitrogens with one attached hydrogen (secondary N) is 1. The molecule has 3 rings (SSSR count). The maximum Gasteiger partial charge on any atom is 0.326 e. The summed E-state index contributed by atoms with van der Waals surface area (Å²) in [6.45, 7) is 4.78. The van der Waals surface area contributed by atoms with Crippen LogP contribution < -0.4 is 10.2 Å². The maximum atomic E-state index is 12.7. The molecule has 150 valence electrons. The van der Waals surface area contributed by atoms with Crippen molar-refractivity contribution in [2.75, 3.05) is 24.6 Å². The van der Waals surface area contributed by atoms with Gasteiger partial charge < -0.3 is 15.0 Å². The number of hydrogen-bond acceptors (Lipinski definition) is 6. The third-order valence-electron chi connectivity index (χ3n) is 4.63. The highest BCUT2D eigenvalue weighted by Gasteiger charge is 2.45. The number of nitrogens with zero attached hydrogens (tertiary/aromatic N) is 2. The van der Waals surface area contributed by atoms with Crippen molar-refractivity contribution in [3.05, 3.63) is 24.3 Å². The van der Waals surface area contributed by atoms with Gasteiger partial charge in [-0.3, -0.25) is 19.3 Å². The van der Waals surface area contributed by atoms with Crippen LogP contribution in [0.2, 0.25) is 0 Å². The average molecular weight is 405 g/mol. The molecule has 1 N–H and O–H groups in total. The Hall–Kier alpha value is -2.55. The molecule has 0 bridgehead atoms. The van der Waals surface area contributed by atoms with Crippen LogP contribution in [0.3, 0.4) is 0 Å². The first kappa shape index (κ1) is 20.2. The summed E-state index contributed by atoms with van der Waals surface area (Å²) in [5, 5.41) is 2.85. The van der Waals surface area contributed by atoms with Crippen LogP contribution in [0, 0.1) is 0 Å². The van der Waals surface area contributed by atoms with Crippen molar-refractivity contribution < 1.29 is 23.9 Å². The van der Waals surface area contributed by atoms with Gasteiger partial charge in [-0.1, -0.05) is 19.1 Å². The number of benzene rings is 1. The molecule has 2 aliphatic heterocycles. The zero-order chi connectivity index (χ0) is 20.5. The predicted octanol–water partition coefficient (Wildman–Crippen LogP) is 1.78. The van der Waals surface area contributed by atoms with E-state index in [9.17, 15) is 19.2 Å². The van der Waals surface area contributed by atoms with Gasteiger partial charge in [-0.15, -0.1) is 11.8 Å². The van der Waals surface area contributed by atoms with Crippen molar-refractivity contribution in [3.63, 3.8) is 0 Å². The molecule has 1 saturated heterocycles. The topological polar surface area (TPSA) is 96.0 Å². The van der Waals surface area contributed by atoms with E-state index in [0.717, 1.165) is 21.9 Å². The largest absolute Gasteiger partial charge is 0.454 e. The van der Waals surface area contributed by atoms with Crippen LogP contribution >= 0.6 is 11.8 Å². The molecule has 1 atom stereocenters. The van der Waals surface area contributed by atoms with Crippen LogP contribution in [0.5, 0.6) is 0 Å². The molecule has 0 aliphatic carbocycles. The molecule has 0 aromatic heterocycles. The van der Waals surface area contributed by atoms with E-state index in [-0.39, 0.29) is 5.91 Å². The van der Waals surface area contributed by atoms with Crippen LogP contribution in [-0.4, -0.2) is 59.2 Å². The maximum absolute atomic E-state index is 12.7. The highest BCUT2D eigenvalue weighted by Crippen LogP contribution is 2.37. The van der Waals surface area contributed by atoms with E-state index in [2.05, 4.69) is 12.2 Å². The van der Waals surface area contributed by atoms with Crippen LogP contribution in [0.4, 0.5) is 10.5 Å². The highest BCUT2D eigenvalue weighted by molar-refractivity contribution is 8.00. The minimum atomic E-state index is -1.06. The van der Waals surface area contributed by atoms with Crippen LogP contribution in [0.15, 0.2) is 29.2 Å². The lowest BCUT2D eigenvalue weighted by Crippen LogP contribution is -2.41. The molecule has 8 nitrogen and oxygen atoms in total. The quantitative estimate of drug-likeness (QED) is 0.606. The number of para-hydroxylation sites is 1. The van der Waals surface area contributed by atoms with Crippen LogP contribution in [-0.2, 0) is 19.1 Å². The van der Waals surface area contributed by atoms with Crippen molar-refractivity contribution in [1.29, 1.82) is 0 Å². The Kier molecular flexibility index (Phi) is 5.64. The standard InChI is InChI=1S/C19H23N3O5S/c1-12-8-9-21(13-6-4-5-7-14(13)28-12)15(23)11-27-16(24)10-22-17(25)19(2,3)20-18(22)26/h4-7,12H,8-11H2,1-3H3,(H,20,26). The summed E-state index contributed by atoms with van der Waals surface area (Å²) in [5.41, 5.74) is -0.258. The number of amides is 4. The zero-order valence-corrected chi connectivity index (χ0v) is 16.9. The minimum absolute atomic E-state index is 0.340. The number of rotatable bonds is 4. The Morgan fingerprint density at radius 1 is 1.29 bits per heavy atom. The molecular formula is C19H23N3O5S. The number of thioether (sulfide) groups is 1. The third kappa shape index (κ3) is 4.14. The molecule has 2 aliphatic rings.